The quantitative estimate of drug-likeness (QED) is 0.864. The van der Waals surface area contributed by atoms with E-state index < -0.39 is 0 Å². The van der Waals surface area contributed by atoms with E-state index in [0.29, 0.717) is 0 Å². The molecular weight excluding hydrogens is 302 g/mol. The van der Waals surface area contributed by atoms with Crippen LogP contribution in [0.1, 0.15) is 18.4 Å². The number of anilines is 1. The molecule has 2 N–H and O–H groups in total. The normalized spacial score (nSPS) is 18.1. The lowest BCUT2D eigenvalue weighted by Gasteiger charge is -2.33. The summed E-state index contributed by atoms with van der Waals surface area (Å²) in [5.74, 6) is 0.850. The van der Waals surface area contributed by atoms with Crippen LogP contribution >= 0.6 is 15.9 Å². The first-order valence-corrected chi connectivity index (χ1v) is 7.75. The number of hydrogen-bond donors (Lipinski definition) is 1. The molecule has 1 aliphatic heterocycles. The van der Waals surface area contributed by atoms with Crippen molar-refractivity contribution in [3.05, 3.63) is 28.2 Å². The zero-order valence-electron chi connectivity index (χ0n) is 11.9. The maximum Gasteiger partial charge on any atom is 0.0371 e. The molecule has 1 heterocycles. The highest BCUT2D eigenvalue weighted by Crippen LogP contribution is 2.26. The molecule has 0 bridgehead atoms. The minimum Gasteiger partial charge on any atom is -0.398 e. The Bertz CT molecular complexity index is 392. The third-order valence-electron chi connectivity index (χ3n) is 3.87. The first-order chi connectivity index (χ1) is 9.06. The second kappa shape index (κ2) is 6.73. The summed E-state index contributed by atoms with van der Waals surface area (Å²) in [6.07, 6.45) is 2.59. The summed E-state index contributed by atoms with van der Waals surface area (Å²) in [7, 11) is 4.32. The van der Waals surface area contributed by atoms with Gasteiger partial charge in [0.05, 0.1) is 0 Å². The predicted octanol–water partition coefficient (Wildman–Crippen LogP) is 2.80. The summed E-state index contributed by atoms with van der Waals surface area (Å²) in [6, 6.07) is 6.05. The predicted molar refractivity (Wildman–Crippen MR) is 85.1 cm³/mol. The number of nitrogen functional groups attached to an aromatic ring is 1. The fourth-order valence-electron chi connectivity index (χ4n) is 2.81. The van der Waals surface area contributed by atoms with Gasteiger partial charge in [-0.2, -0.15) is 0 Å². The second-order valence-corrected chi connectivity index (χ2v) is 6.64. The van der Waals surface area contributed by atoms with Gasteiger partial charge in [0.25, 0.3) is 0 Å². The van der Waals surface area contributed by atoms with E-state index in [4.69, 9.17) is 5.73 Å². The number of piperidine rings is 1. The Hall–Kier alpha value is -0.580. The van der Waals surface area contributed by atoms with Crippen LogP contribution in [0.5, 0.6) is 0 Å². The van der Waals surface area contributed by atoms with Gasteiger partial charge >= 0.3 is 0 Å². The molecule has 1 aliphatic rings. The Morgan fingerprint density at radius 2 is 2.00 bits per heavy atom. The molecule has 106 valence electrons. The van der Waals surface area contributed by atoms with Crippen LogP contribution in [0.4, 0.5) is 5.69 Å². The smallest absolute Gasteiger partial charge is 0.0371 e. The zero-order valence-corrected chi connectivity index (χ0v) is 13.5. The molecular formula is C15H24BrN3. The van der Waals surface area contributed by atoms with E-state index in [1.54, 1.807) is 0 Å². The molecule has 1 saturated heterocycles. The van der Waals surface area contributed by atoms with Gasteiger partial charge in [-0.3, -0.25) is 4.90 Å². The first kappa shape index (κ1) is 14.8. The van der Waals surface area contributed by atoms with Crippen LogP contribution in [0.3, 0.4) is 0 Å². The molecule has 0 saturated carbocycles. The van der Waals surface area contributed by atoms with Crippen molar-refractivity contribution < 1.29 is 0 Å². The van der Waals surface area contributed by atoms with E-state index in [2.05, 4.69) is 45.9 Å². The monoisotopic (exact) mass is 325 g/mol. The Labute approximate surface area is 124 Å². The Morgan fingerprint density at radius 3 is 2.58 bits per heavy atom. The minimum absolute atomic E-state index is 0.850. The van der Waals surface area contributed by atoms with Gasteiger partial charge in [0.15, 0.2) is 0 Å². The molecule has 3 nitrogen and oxygen atoms in total. The first-order valence-electron chi connectivity index (χ1n) is 6.96. The van der Waals surface area contributed by atoms with Gasteiger partial charge in [-0.05, 0) is 58.1 Å². The van der Waals surface area contributed by atoms with Crippen LogP contribution in [-0.4, -0.2) is 43.5 Å². The lowest BCUT2D eigenvalue weighted by Crippen LogP contribution is -2.36. The average molecular weight is 326 g/mol. The SMILES string of the molecule is CN(C)CC1CCN(Cc2c(N)cccc2Br)CC1. The van der Waals surface area contributed by atoms with Crippen LogP contribution < -0.4 is 5.73 Å². The van der Waals surface area contributed by atoms with Crippen LogP contribution in [0.2, 0.25) is 0 Å². The Kier molecular flexibility index (Phi) is 5.25. The molecule has 0 spiro atoms. The molecule has 0 aromatic heterocycles. The number of rotatable bonds is 4. The van der Waals surface area contributed by atoms with Crippen molar-refractivity contribution in [2.75, 3.05) is 39.5 Å². The molecule has 1 fully saturated rings. The van der Waals surface area contributed by atoms with E-state index in [9.17, 15) is 0 Å². The fourth-order valence-corrected chi connectivity index (χ4v) is 3.32. The van der Waals surface area contributed by atoms with E-state index >= 15 is 0 Å². The maximum absolute atomic E-state index is 6.07. The van der Waals surface area contributed by atoms with Crippen molar-refractivity contribution in [1.82, 2.24) is 9.80 Å². The molecule has 0 atom stereocenters. The number of likely N-dealkylation sites (tertiary alicyclic amines) is 1. The molecule has 2 rings (SSSR count). The van der Waals surface area contributed by atoms with E-state index in [1.165, 1.54) is 38.0 Å². The largest absolute Gasteiger partial charge is 0.398 e. The average Bonchev–Trinajstić information content (AvgIpc) is 2.35. The van der Waals surface area contributed by atoms with Crippen molar-refractivity contribution >= 4 is 21.6 Å². The van der Waals surface area contributed by atoms with Gasteiger partial charge in [0, 0.05) is 28.8 Å². The topological polar surface area (TPSA) is 32.5 Å². The number of halogens is 1. The van der Waals surface area contributed by atoms with Crippen molar-refractivity contribution in [1.29, 1.82) is 0 Å². The van der Waals surface area contributed by atoms with Crippen molar-refractivity contribution in [2.45, 2.75) is 19.4 Å². The van der Waals surface area contributed by atoms with E-state index in [-0.39, 0.29) is 0 Å². The van der Waals surface area contributed by atoms with Crippen molar-refractivity contribution in [2.24, 2.45) is 5.92 Å². The lowest BCUT2D eigenvalue weighted by atomic mass is 9.96. The summed E-state index contributed by atoms with van der Waals surface area (Å²) < 4.78 is 1.13. The molecule has 0 aliphatic carbocycles. The molecule has 19 heavy (non-hydrogen) atoms. The number of nitrogens with zero attached hydrogens (tertiary/aromatic N) is 2. The van der Waals surface area contributed by atoms with Gasteiger partial charge in [0.1, 0.15) is 0 Å². The highest BCUT2D eigenvalue weighted by atomic mass is 79.9. The summed E-state index contributed by atoms with van der Waals surface area (Å²) in [6.45, 7) is 4.53. The highest BCUT2D eigenvalue weighted by Gasteiger charge is 2.20. The maximum atomic E-state index is 6.07. The second-order valence-electron chi connectivity index (χ2n) is 5.79. The van der Waals surface area contributed by atoms with Gasteiger partial charge in [-0.15, -0.1) is 0 Å². The van der Waals surface area contributed by atoms with Crippen LogP contribution in [0.25, 0.3) is 0 Å². The summed E-state index contributed by atoms with van der Waals surface area (Å²) in [4.78, 5) is 4.81. The highest BCUT2D eigenvalue weighted by molar-refractivity contribution is 9.10. The number of nitrogens with two attached hydrogens (primary N) is 1. The van der Waals surface area contributed by atoms with E-state index in [1.807, 2.05) is 12.1 Å². The molecule has 0 unspecified atom stereocenters. The standard InChI is InChI=1S/C15H24BrN3/c1-18(2)10-12-6-8-19(9-7-12)11-13-14(16)4-3-5-15(13)17/h3-5,12H,6-11,17H2,1-2H3. The van der Waals surface area contributed by atoms with Gasteiger partial charge < -0.3 is 10.6 Å². The summed E-state index contributed by atoms with van der Waals surface area (Å²) in [5.41, 5.74) is 8.19. The van der Waals surface area contributed by atoms with Gasteiger partial charge in [-0.1, -0.05) is 22.0 Å². The van der Waals surface area contributed by atoms with Gasteiger partial charge in [-0.25, -0.2) is 0 Å². The van der Waals surface area contributed by atoms with E-state index in [0.717, 1.165) is 22.6 Å². The summed E-state index contributed by atoms with van der Waals surface area (Å²) >= 11 is 3.61. The molecule has 0 amide bonds. The van der Waals surface area contributed by atoms with Crippen LogP contribution in [0.15, 0.2) is 22.7 Å². The molecule has 1 aromatic carbocycles. The number of benzene rings is 1. The zero-order chi connectivity index (χ0) is 13.8. The van der Waals surface area contributed by atoms with Crippen molar-refractivity contribution in [3.63, 3.8) is 0 Å². The molecule has 0 radical (unpaired) electrons. The lowest BCUT2D eigenvalue weighted by molar-refractivity contribution is 0.157. The van der Waals surface area contributed by atoms with Crippen LogP contribution in [-0.2, 0) is 6.54 Å². The molecule has 1 aromatic rings. The third kappa shape index (κ3) is 4.20. The third-order valence-corrected chi connectivity index (χ3v) is 4.61. The minimum atomic E-state index is 0.850. The Morgan fingerprint density at radius 1 is 1.32 bits per heavy atom. The van der Waals surface area contributed by atoms with Gasteiger partial charge in [0.2, 0.25) is 0 Å². The fraction of sp³-hybridized carbons (Fsp3) is 0.600. The Balaban J connectivity index is 1.89. The van der Waals surface area contributed by atoms with Crippen LogP contribution in [0, 0.1) is 5.92 Å². The number of hydrogen-bond acceptors (Lipinski definition) is 3. The van der Waals surface area contributed by atoms with Crippen molar-refractivity contribution in [3.8, 4) is 0 Å². The molecule has 4 heteroatoms. The summed E-state index contributed by atoms with van der Waals surface area (Å²) in [5, 5.41) is 0.